The molecule has 0 atom stereocenters. The van der Waals surface area contributed by atoms with E-state index in [4.69, 9.17) is 0 Å². The molecule has 0 bridgehead atoms. The van der Waals surface area contributed by atoms with Gasteiger partial charge in [-0.1, -0.05) is 12.1 Å². The SMILES string of the molecule is O=[N+]([O-])/C=C(\I)c1cccc(F)c1. The van der Waals surface area contributed by atoms with E-state index in [1.165, 1.54) is 18.2 Å². The molecular weight excluding hydrogens is 288 g/mol. The molecule has 68 valence electrons. The van der Waals surface area contributed by atoms with Crippen molar-refractivity contribution in [2.45, 2.75) is 0 Å². The van der Waals surface area contributed by atoms with Crippen LogP contribution in [-0.2, 0) is 0 Å². The van der Waals surface area contributed by atoms with Crippen molar-refractivity contribution in [3.8, 4) is 0 Å². The Morgan fingerprint density at radius 1 is 1.62 bits per heavy atom. The van der Waals surface area contributed by atoms with E-state index in [0.717, 1.165) is 6.20 Å². The second-order valence-corrected chi connectivity index (χ2v) is 3.43. The Labute approximate surface area is 87.6 Å². The van der Waals surface area contributed by atoms with E-state index >= 15 is 0 Å². The predicted octanol–water partition coefficient (Wildman–Crippen LogP) is 2.84. The molecule has 5 heteroatoms. The lowest BCUT2D eigenvalue weighted by Gasteiger charge is -1.95. The van der Waals surface area contributed by atoms with Gasteiger partial charge in [0.05, 0.1) is 8.50 Å². The van der Waals surface area contributed by atoms with Crippen molar-refractivity contribution in [2.24, 2.45) is 0 Å². The van der Waals surface area contributed by atoms with Gasteiger partial charge in [-0.05, 0) is 40.3 Å². The summed E-state index contributed by atoms with van der Waals surface area (Å²) in [6.07, 6.45) is 0.843. The lowest BCUT2D eigenvalue weighted by molar-refractivity contribution is -0.401. The molecule has 0 aromatic heterocycles. The molecule has 0 amide bonds. The zero-order chi connectivity index (χ0) is 9.84. The topological polar surface area (TPSA) is 43.1 Å². The second kappa shape index (κ2) is 4.31. The first-order chi connectivity index (χ1) is 6.09. The molecule has 1 aromatic rings. The van der Waals surface area contributed by atoms with Crippen LogP contribution in [0.3, 0.4) is 0 Å². The van der Waals surface area contributed by atoms with Crippen molar-refractivity contribution in [1.29, 1.82) is 0 Å². The van der Waals surface area contributed by atoms with Crippen LogP contribution in [0.5, 0.6) is 0 Å². The average molecular weight is 293 g/mol. The van der Waals surface area contributed by atoms with Crippen LogP contribution in [0, 0.1) is 15.9 Å². The molecule has 1 rings (SSSR count). The van der Waals surface area contributed by atoms with Crippen LogP contribution in [0.15, 0.2) is 30.5 Å². The van der Waals surface area contributed by atoms with E-state index < -0.39 is 10.7 Å². The number of halogens is 2. The molecule has 1 aromatic carbocycles. The predicted molar refractivity (Wildman–Crippen MR) is 55.4 cm³/mol. The highest BCUT2D eigenvalue weighted by atomic mass is 127. The smallest absolute Gasteiger partial charge is 0.248 e. The van der Waals surface area contributed by atoms with E-state index in [9.17, 15) is 14.5 Å². The molecule has 0 heterocycles. The zero-order valence-corrected chi connectivity index (χ0v) is 8.56. The number of rotatable bonds is 2. The van der Waals surface area contributed by atoms with Crippen molar-refractivity contribution in [2.75, 3.05) is 0 Å². The number of hydrogen-bond donors (Lipinski definition) is 0. The summed E-state index contributed by atoms with van der Waals surface area (Å²) >= 11 is 1.79. The summed E-state index contributed by atoms with van der Waals surface area (Å²) in [5, 5.41) is 10.1. The van der Waals surface area contributed by atoms with E-state index in [2.05, 4.69) is 0 Å². The third kappa shape index (κ3) is 3.10. The maximum atomic E-state index is 12.7. The van der Waals surface area contributed by atoms with E-state index in [0.29, 0.717) is 9.14 Å². The largest absolute Gasteiger partial charge is 0.259 e. The highest BCUT2D eigenvalue weighted by Crippen LogP contribution is 2.21. The third-order valence-electron chi connectivity index (χ3n) is 1.32. The minimum atomic E-state index is -0.563. The van der Waals surface area contributed by atoms with Gasteiger partial charge in [0, 0.05) is 0 Å². The summed E-state index contributed by atoms with van der Waals surface area (Å²) in [7, 11) is 0. The fourth-order valence-corrected chi connectivity index (χ4v) is 1.37. The second-order valence-electron chi connectivity index (χ2n) is 2.27. The molecule has 3 nitrogen and oxygen atoms in total. The Hall–Kier alpha value is -0.980. The summed E-state index contributed by atoms with van der Waals surface area (Å²) in [4.78, 5) is 9.54. The normalized spacial score (nSPS) is 11.4. The van der Waals surface area contributed by atoms with Gasteiger partial charge in [0.15, 0.2) is 0 Å². The number of hydrogen-bond acceptors (Lipinski definition) is 2. The van der Waals surface area contributed by atoms with E-state index in [1.54, 1.807) is 28.7 Å². The Kier molecular flexibility index (Phi) is 3.35. The maximum Gasteiger partial charge on any atom is 0.248 e. The summed E-state index contributed by atoms with van der Waals surface area (Å²) in [6.45, 7) is 0. The van der Waals surface area contributed by atoms with Gasteiger partial charge in [0.1, 0.15) is 5.82 Å². The van der Waals surface area contributed by atoms with Crippen molar-refractivity contribution in [3.05, 3.63) is 52.0 Å². The van der Waals surface area contributed by atoms with Gasteiger partial charge in [-0.15, -0.1) is 0 Å². The molecule has 0 unspecified atom stereocenters. The molecule has 0 aliphatic heterocycles. The minimum absolute atomic E-state index is 0.400. The summed E-state index contributed by atoms with van der Waals surface area (Å²) in [5.41, 5.74) is 0.511. The molecule has 0 spiro atoms. The first-order valence-electron chi connectivity index (χ1n) is 3.36. The van der Waals surface area contributed by atoms with Crippen LogP contribution >= 0.6 is 22.6 Å². The molecule has 0 aliphatic carbocycles. The third-order valence-corrected chi connectivity index (χ3v) is 2.22. The van der Waals surface area contributed by atoms with Gasteiger partial charge in [-0.2, -0.15) is 0 Å². The fraction of sp³-hybridized carbons (Fsp3) is 0. The summed E-state index contributed by atoms with van der Waals surface area (Å²) in [5.74, 6) is -0.400. The van der Waals surface area contributed by atoms with Gasteiger partial charge in [0.25, 0.3) is 0 Å². The van der Waals surface area contributed by atoms with Crippen molar-refractivity contribution in [3.63, 3.8) is 0 Å². The van der Waals surface area contributed by atoms with Crippen LogP contribution in [0.2, 0.25) is 0 Å². The lowest BCUT2D eigenvalue weighted by Crippen LogP contribution is -1.86. The molecular formula is C8H5FINO2. The first-order valence-corrected chi connectivity index (χ1v) is 4.44. The van der Waals surface area contributed by atoms with Gasteiger partial charge in [0.2, 0.25) is 6.20 Å². The van der Waals surface area contributed by atoms with E-state index in [1.807, 2.05) is 0 Å². The minimum Gasteiger partial charge on any atom is -0.259 e. The number of nitrogens with zero attached hydrogens (tertiary/aromatic N) is 1. The Bertz CT molecular complexity index is 365. The fourth-order valence-electron chi connectivity index (χ4n) is 0.804. The molecule has 0 aliphatic rings. The van der Waals surface area contributed by atoms with Crippen molar-refractivity contribution < 1.29 is 9.31 Å². The van der Waals surface area contributed by atoms with Crippen molar-refractivity contribution in [1.82, 2.24) is 0 Å². The quantitative estimate of drug-likeness (QED) is 0.478. The van der Waals surface area contributed by atoms with Gasteiger partial charge in [-0.25, -0.2) is 4.39 Å². The summed E-state index contributed by atoms with van der Waals surface area (Å²) in [6, 6.07) is 5.67. The van der Waals surface area contributed by atoms with Crippen molar-refractivity contribution >= 4 is 26.2 Å². The Morgan fingerprint density at radius 3 is 2.85 bits per heavy atom. The van der Waals surface area contributed by atoms with Crippen LogP contribution in [0.25, 0.3) is 3.58 Å². The highest BCUT2D eigenvalue weighted by molar-refractivity contribution is 14.1. The number of nitro groups is 1. The number of benzene rings is 1. The molecule has 0 N–H and O–H groups in total. The average Bonchev–Trinajstić information content (AvgIpc) is 2.03. The molecule has 0 saturated heterocycles. The molecule has 0 saturated carbocycles. The Balaban J connectivity index is 3.02. The first kappa shape index (κ1) is 10.1. The standard InChI is InChI=1S/C8H5FINO2/c9-7-3-1-2-6(4-7)8(10)5-11(12)13/h1-5H/b8-5-. The van der Waals surface area contributed by atoms with Crippen LogP contribution in [0.1, 0.15) is 5.56 Å². The molecule has 0 fully saturated rings. The van der Waals surface area contributed by atoms with Gasteiger partial charge in [-0.3, -0.25) is 10.1 Å². The highest BCUT2D eigenvalue weighted by Gasteiger charge is 2.02. The maximum absolute atomic E-state index is 12.7. The molecule has 0 radical (unpaired) electrons. The van der Waals surface area contributed by atoms with E-state index in [-0.39, 0.29) is 0 Å². The van der Waals surface area contributed by atoms with Gasteiger partial charge >= 0.3 is 0 Å². The lowest BCUT2D eigenvalue weighted by atomic mass is 10.2. The zero-order valence-electron chi connectivity index (χ0n) is 6.41. The van der Waals surface area contributed by atoms with Gasteiger partial charge < -0.3 is 0 Å². The van der Waals surface area contributed by atoms with Crippen LogP contribution in [0.4, 0.5) is 4.39 Å². The van der Waals surface area contributed by atoms with Crippen LogP contribution in [-0.4, -0.2) is 4.92 Å². The van der Waals surface area contributed by atoms with Crippen LogP contribution < -0.4 is 0 Å². The monoisotopic (exact) mass is 293 g/mol. The summed E-state index contributed by atoms with van der Waals surface area (Å²) < 4.78 is 13.1. The molecule has 13 heavy (non-hydrogen) atoms. The Morgan fingerprint density at radius 2 is 2.31 bits per heavy atom.